The van der Waals surface area contributed by atoms with Crippen molar-refractivity contribution in [3.63, 3.8) is 0 Å². The SMILES string of the molecule is COC(=O)C#Cc1cc(OC)ccc1C. The molecule has 15 heavy (non-hydrogen) atoms. The first kappa shape index (κ1) is 11.1. The fourth-order valence-electron chi connectivity index (χ4n) is 1.03. The lowest BCUT2D eigenvalue weighted by Gasteiger charge is -2.02. The zero-order valence-corrected chi connectivity index (χ0v) is 8.96. The van der Waals surface area contributed by atoms with Crippen molar-refractivity contribution < 1.29 is 14.3 Å². The van der Waals surface area contributed by atoms with Gasteiger partial charge in [0.25, 0.3) is 0 Å². The van der Waals surface area contributed by atoms with Crippen LogP contribution < -0.4 is 4.74 Å². The average molecular weight is 204 g/mol. The molecule has 0 heterocycles. The highest BCUT2D eigenvalue weighted by Crippen LogP contribution is 2.15. The van der Waals surface area contributed by atoms with Crippen molar-refractivity contribution in [1.82, 2.24) is 0 Å². The summed E-state index contributed by atoms with van der Waals surface area (Å²) in [6, 6.07) is 5.52. The van der Waals surface area contributed by atoms with E-state index in [1.54, 1.807) is 13.2 Å². The third-order valence-electron chi connectivity index (χ3n) is 1.93. The Balaban J connectivity index is 3.01. The molecule has 0 amide bonds. The molecule has 0 bridgehead atoms. The number of carbonyl (C=O) groups is 1. The van der Waals surface area contributed by atoms with Crippen LogP contribution in [0.2, 0.25) is 0 Å². The lowest BCUT2D eigenvalue weighted by Crippen LogP contribution is -1.95. The topological polar surface area (TPSA) is 35.5 Å². The van der Waals surface area contributed by atoms with Gasteiger partial charge in [-0.15, -0.1) is 0 Å². The first-order valence-electron chi connectivity index (χ1n) is 4.42. The van der Waals surface area contributed by atoms with E-state index in [0.29, 0.717) is 0 Å². The number of hydrogen-bond acceptors (Lipinski definition) is 3. The van der Waals surface area contributed by atoms with E-state index in [4.69, 9.17) is 4.74 Å². The van der Waals surface area contributed by atoms with Gasteiger partial charge in [-0.3, -0.25) is 0 Å². The van der Waals surface area contributed by atoms with Gasteiger partial charge < -0.3 is 9.47 Å². The van der Waals surface area contributed by atoms with Gasteiger partial charge in [0.2, 0.25) is 0 Å². The summed E-state index contributed by atoms with van der Waals surface area (Å²) in [5.74, 6) is 5.28. The fourth-order valence-corrected chi connectivity index (χ4v) is 1.03. The maximum absolute atomic E-state index is 10.8. The molecule has 1 aromatic carbocycles. The van der Waals surface area contributed by atoms with E-state index < -0.39 is 5.97 Å². The molecule has 0 radical (unpaired) electrons. The number of carbonyl (C=O) groups excluding carboxylic acids is 1. The monoisotopic (exact) mass is 204 g/mol. The zero-order chi connectivity index (χ0) is 11.3. The largest absolute Gasteiger partial charge is 0.497 e. The van der Waals surface area contributed by atoms with Crippen molar-refractivity contribution in [2.75, 3.05) is 14.2 Å². The van der Waals surface area contributed by atoms with E-state index >= 15 is 0 Å². The molecule has 0 unspecified atom stereocenters. The molecular weight excluding hydrogens is 192 g/mol. The van der Waals surface area contributed by atoms with Crippen LogP contribution in [0.1, 0.15) is 11.1 Å². The third-order valence-corrected chi connectivity index (χ3v) is 1.93. The number of hydrogen-bond donors (Lipinski definition) is 0. The molecule has 3 nitrogen and oxygen atoms in total. The maximum atomic E-state index is 10.8. The van der Waals surface area contributed by atoms with Gasteiger partial charge in [-0.2, -0.15) is 0 Å². The van der Waals surface area contributed by atoms with Gasteiger partial charge >= 0.3 is 5.97 Å². The van der Waals surface area contributed by atoms with Crippen molar-refractivity contribution in [3.8, 4) is 17.6 Å². The number of methoxy groups -OCH3 is 2. The van der Waals surface area contributed by atoms with Crippen LogP contribution in [0.4, 0.5) is 0 Å². The second-order valence-corrected chi connectivity index (χ2v) is 2.92. The summed E-state index contributed by atoms with van der Waals surface area (Å²) in [4.78, 5) is 10.8. The standard InChI is InChI=1S/C12H12O3/c1-9-4-6-11(14-2)8-10(9)5-7-12(13)15-3/h4,6,8H,1-3H3. The maximum Gasteiger partial charge on any atom is 0.384 e. The first-order chi connectivity index (χ1) is 7.17. The van der Waals surface area contributed by atoms with Crippen LogP contribution in [0, 0.1) is 18.8 Å². The van der Waals surface area contributed by atoms with E-state index in [1.165, 1.54) is 7.11 Å². The van der Waals surface area contributed by atoms with E-state index in [-0.39, 0.29) is 0 Å². The molecule has 0 aromatic heterocycles. The van der Waals surface area contributed by atoms with Crippen LogP contribution in [0.3, 0.4) is 0 Å². The van der Waals surface area contributed by atoms with Crippen molar-refractivity contribution in [1.29, 1.82) is 0 Å². The minimum atomic E-state index is -0.544. The number of benzene rings is 1. The average Bonchev–Trinajstić information content (AvgIpc) is 2.27. The molecule has 0 saturated carbocycles. The van der Waals surface area contributed by atoms with Gasteiger partial charge in [0.15, 0.2) is 0 Å². The summed E-state index contributed by atoms with van der Waals surface area (Å²) < 4.78 is 9.48. The van der Waals surface area contributed by atoms with Crippen LogP contribution in [0.15, 0.2) is 18.2 Å². The summed E-state index contributed by atoms with van der Waals surface area (Å²) in [5, 5.41) is 0. The smallest absolute Gasteiger partial charge is 0.384 e. The predicted molar refractivity (Wildman–Crippen MR) is 56.6 cm³/mol. The second kappa shape index (κ2) is 5.06. The van der Waals surface area contributed by atoms with Crippen molar-refractivity contribution in [3.05, 3.63) is 29.3 Å². The Morgan fingerprint density at radius 3 is 2.67 bits per heavy atom. The van der Waals surface area contributed by atoms with Crippen molar-refractivity contribution in [2.24, 2.45) is 0 Å². The lowest BCUT2D eigenvalue weighted by atomic mass is 10.1. The second-order valence-electron chi connectivity index (χ2n) is 2.92. The van der Waals surface area contributed by atoms with Gasteiger partial charge in [0, 0.05) is 11.5 Å². The number of aryl methyl sites for hydroxylation is 1. The van der Waals surface area contributed by atoms with Crippen LogP contribution >= 0.6 is 0 Å². The summed E-state index contributed by atoms with van der Waals surface area (Å²) in [5.41, 5.74) is 1.76. The summed E-state index contributed by atoms with van der Waals surface area (Å²) in [6.45, 7) is 1.92. The number of rotatable bonds is 1. The van der Waals surface area contributed by atoms with Crippen LogP contribution in [-0.2, 0) is 9.53 Å². The Morgan fingerprint density at radius 2 is 2.07 bits per heavy atom. The Labute approximate surface area is 89.0 Å². The molecule has 1 rings (SSSR count). The lowest BCUT2D eigenvalue weighted by molar-refractivity contribution is -0.133. The first-order valence-corrected chi connectivity index (χ1v) is 4.42. The molecule has 78 valence electrons. The summed E-state index contributed by atoms with van der Waals surface area (Å²) >= 11 is 0. The van der Waals surface area contributed by atoms with Gasteiger partial charge in [-0.25, -0.2) is 4.79 Å². The number of ether oxygens (including phenoxy) is 2. The van der Waals surface area contributed by atoms with E-state index in [9.17, 15) is 4.79 Å². The van der Waals surface area contributed by atoms with Crippen molar-refractivity contribution >= 4 is 5.97 Å². The van der Waals surface area contributed by atoms with Gasteiger partial charge in [0.05, 0.1) is 14.2 Å². The van der Waals surface area contributed by atoms with Crippen LogP contribution in [-0.4, -0.2) is 20.2 Å². The Bertz CT molecular complexity index is 424. The highest BCUT2D eigenvalue weighted by molar-refractivity contribution is 5.89. The molecule has 0 aliphatic carbocycles. The quantitative estimate of drug-likeness (QED) is 0.514. The third kappa shape index (κ3) is 3.03. The van der Waals surface area contributed by atoms with E-state index in [0.717, 1.165) is 16.9 Å². The summed E-state index contributed by atoms with van der Waals surface area (Å²) in [6.07, 6.45) is 0. The van der Waals surface area contributed by atoms with Gasteiger partial charge in [0.1, 0.15) is 5.75 Å². The molecule has 0 aliphatic rings. The predicted octanol–water partition coefficient (Wildman–Crippen LogP) is 1.53. The zero-order valence-electron chi connectivity index (χ0n) is 8.96. The summed E-state index contributed by atoms with van der Waals surface area (Å²) in [7, 11) is 2.89. The van der Waals surface area contributed by atoms with E-state index in [1.807, 2.05) is 19.1 Å². The molecule has 0 fully saturated rings. The molecule has 3 heteroatoms. The molecule has 0 spiro atoms. The molecule has 0 saturated heterocycles. The molecule has 1 aromatic rings. The minimum absolute atomic E-state index is 0.544. The van der Waals surface area contributed by atoms with E-state index in [2.05, 4.69) is 16.6 Å². The van der Waals surface area contributed by atoms with Crippen molar-refractivity contribution in [2.45, 2.75) is 6.92 Å². The Kier molecular flexibility index (Phi) is 3.75. The highest BCUT2D eigenvalue weighted by atomic mass is 16.5. The Morgan fingerprint density at radius 1 is 1.33 bits per heavy atom. The minimum Gasteiger partial charge on any atom is -0.497 e. The molecule has 0 N–H and O–H groups in total. The van der Waals surface area contributed by atoms with Gasteiger partial charge in [-0.1, -0.05) is 12.0 Å². The van der Waals surface area contributed by atoms with Crippen LogP contribution in [0.5, 0.6) is 5.75 Å². The highest BCUT2D eigenvalue weighted by Gasteiger charge is 1.98. The molecule has 0 atom stereocenters. The molecular formula is C12H12O3. The Hall–Kier alpha value is -1.95. The normalized spacial score (nSPS) is 8.73. The van der Waals surface area contributed by atoms with Gasteiger partial charge in [-0.05, 0) is 24.6 Å². The molecule has 0 aliphatic heterocycles. The van der Waals surface area contributed by atoms with Crippen LogP contribution in [0.25, 0.3) is 0 Å². The number of esters is 1. The fraction of sp³-hybridized carbons (Fsp3) is 0.250.